The Morgan fingerprint density at radius 1 is 1.38 bits per heavy atom. The minimum Gasteiger partial charge on any atom is -0.322 e. The van der Waals surface area contributed by atoms with Gasteiger partial charge < -0.3 is 4.98 Å². The van der Waals surface area contributed by atoms with Gasteiger partial charge in [-0.3, -0.25) is 9.93 Å². The lowest BCUT2D eigenvalue weighted by molar-refractivity contribution is 0.538. The first-order valence-corrected chi connectivity index (χ1v) is 8.28. The number of nitrogens with two attached hydrogens (primary N) is 1. The fourth-order valence-corrected chi connectivity index (χ4v) is 3.08. The van der Waals surface area contributed by atoms with E-state index in [9.17, 15) is 9.00 Å². The van der Waals surface area contributed by atoms with Gasteiger partial charge in [0, 0.05) is 16.1 Å². The number of pyridine rings is 1. The van der Waals surface area contributed by atoms with E-state index in [0.717, 1.165) is 10.9 Å². The van der Waals surface area contributed by atoms with Gasteiger partial charge in [-0.2, -0.15) is 0 Å². The van der Waals surface area contributed by atoms with Crippen LogP contribution in [0.1, 0.15) is 38.7 Å². The van der Waals surface area contributed by atoms with Gasteiger partial charge in [0.2, 0.25) is 0 Å². The summed E-state index contributed by atoms with van der Waals surface area (Å²) in [6, 6.07) is 7.19. The number of nitrogens with one attached hydrogen (secondary N) is 1. The molecule has 0 aliphatic heterocycles. The number of aromatic amines is 1. The van der Waals surface area contributed by atoms with Crippen LogP contribution < -0.4 is 10.7 Å². The summed E-state index contributed by atoms with van der Waals surface area (Å²) in [6.07, 6.45) is 0.561. The average molecular weight is 327 g/mol. The molecule has 0 aliphatic carbocycles. The number of H-pyrrole nitrogens is 1. The van der Waals surface area contributed by atoms with Gasteiger partial charge in [0.1, 0.15) is 0 Å². The number of aromatic nitrogens is 1. The van der Waals surface area contributed by atoms with E-state index in [1.165, 1.54) is 0 Å². The number of hydrogen-bond donors (Lipinski definition) is 2. The Hall–Kier alpha value is -1.17. The largest absolute Gasteiger partial charge is 0.322 e. The average Bonchev–Trinajstić information content (AvgIpc) is 2.37. The van der Waals surface area contributed by atoms with Crippen molar-refractivity contribution in [1.29, 1.82) is 0 Å². The van der Waals surface area contributed by atoms with Gasteiger partial charge in [-0.05, 0) is 55.8 Å². The molecule has 6 heteroatoms. The molecule has 0 spiro atoms. The molecule has 4 nitrogen and oxygen atoms in total. The Bertz CT molecular complexity index is 755. The maximum atomic E-state index is 12.2. The van der Waals surface area contributed by atoms with Gasteiger partial charge in [-0.1, -0.05) is 18.5 Å². The van der Waals surface area contributed by atoms with Crippen LogP contribution in [0.2, 0.25) is 5.02 Å². The van der Waals surface area contributed by atoms with Crippen LogP contribution in [0.3, 0.4) is 0 Å². The van der Waals surface area contributed by atoms with Gasteiger partial charge in [-0.25, -0.2) is 4.21 Å². The fourth-order valence-electron chi connectivity index (χ4n) is 2.49. The zero-order valence-corrected chi connectivity index (χ0v) is 13.8. The number of fused-ring (bicyclic) bond motifs is 1. The Labute approximate surface area is 131 Å². The molecule has 0 saturated heterocycles. The summed E-state index contributed by atoms with van der Waals surface area (Å²) < 4.78 is 11.0. The van der Waals surface area contributed by atoms with Crippen molar-refractivity contribution in [3.63, 3.8) is 0 Å². The molecule has 0 bridgehead atoms. The highest BCUT2D eigenvalue weighted by molar-refractivity contribution is 7.84. The minimum absolute atomic E-state index is 0.0559. The maximum Gasteiger partial charge on any atom is 0.251 e. The summed E-state index contributed by atoms with van der Waals surface area (Å²) in [4.78, 5) is 15.1. The van der Waals surface area contributed by atoms with Gasteiger partial charge in [-0.15, -0.1) is 0 Å². The lowest BCUT2D eigenvalue weighted by Gasteiger charge is -2.25. The highest BCUT2D eigenvalue weighted by atomic mass is 35.5. The van der Waals surface area contributed by atoms with Crippen molar-refractivity contribution in [2.24, 2.45) is 5.14 Å². The fraction of sp³-hybridized carbons (Fsp3) is 0.400. The van der Waals surface area contributed by atoms with Crippen molar-refractivity contribution in [3.05, 3.63) is 45.2 Å². The van der Waals surface area contributed by atoms with Crippen LogP contribution in [-0.4, -0.2) is 13.9 Å². The van der Waals surface area contributed by atoms with E-state index in [1.54, 1.807) is 12.1 Å². The lowest BCUT2D eigenvalue weighted by Crippen LogP contribution is -2.34. The lowest BCUT2D eigenvalue weighted by atomic mass is 9.91. The first kappa shape index (κ1) is 16.2. The van der Waals surface area contributed by atoms with Crippen LogP contribution in [-0.2, 0) is 11.0 Å². The van der Waals surface area contributed by atoms with Crippen LogP contribution in [0.5, 0.6) is 0 Å². The molecule has 0 aliphatic rings. The van der Waals surface area contributed by atoms with E-state index >= 15 is 0 Å². The second-order valence-electron chi connectivity index (χ2n) is 5.95. The zero-order valence-electron chi connectivity index (χ0n) is 12.3. The molecule has 3 N–H and O–H groups in total. The molecule has 2 atom stereocenters. The number of benzene rings is 1. The number of hydrogen-bond acceptors (Lipinski definition) is 2. The number of halogens is 1. The van der Waals surface area contributed by atoms with Gasteiger partial charge in [0.15, 0.2) is 0 Å². The highest BCUT2D eigenvalue weighted by Crippen LogP contribution is 2.28. The third-order valence-electron chi connectivity index (χ3n) is 3.71. The van der Waals surface area contributed by atoms with Crippen molar-refractivity contribution >= 4 is 33.5 Å². The Morgan fingerprint density at radius 3 is 2.67 bits per heavy atom. The second kappa shape index (κ2) is 5.91. The van der Waals surface area contributed by atoms with E-state index in [4.69, 9.17) is 16.7 Å². The summed E-state index contributed by atoms with van der Waals surface area (Å²) in [5.41, 5.74) is 1.28. The van der Waals surface area contributed by atoms with Crippen LogP contribution in [0.4, 0.5) is 0 Å². The quantitative estimate of drug-likeness (QED) is 0.905. The van der Waals surface area contributed by atoms with Gasteiger partial charge in [0.05, 0.1) is 15.7 Å². The summed E-state index contributed by atoms with van der Waals surface area (Å²) >= 11 is 5.99. The smallest absolute Gasteiger partial charge is 0.251 e. The maximum absolute atomic E-state index is 12.2. The van der Waals surface area contributed by atoms with Crippen LogP contribution in [0, 0.1) is 0 Å². The first-order valence-electron chi connectivity index (χ1n) is 6.69. The Balaban J connectivity index is 2.43. The number of rotatable bonds is 4. The van der Waals surface area contributed by atoms with Crippen LogP contribution >= 0.6 is 11.6 Å². The molecule has 0 radical (unpaired) electrons. The molecule has 1 aromatic heterocycles. The molecular weight excluding hydrogens is 308 g/mol. The molecular formula is C15H19ClN2O2S. The molecule has 1 aromatic carbocycles. The summed E-state index contributed by atoms with van der Waals surface area (Å²) in [7, 11) is -1.44. The Kier molecular flexibility index (Phi) is 4.56. The van der Waals surface area contributed by atoms with E-state index in [1.807, 2.05) is 32.9 Å². The molecule has 0 saturated carbocycles. The third kappa shape index (κ3) is 3.54. The van der Waals surface area contributed by atoms with Gasteiger partial charge in [0.25, 0.3) is 5.56 Å². The van der Waals surface area contributed by atoms with E-state index in [2.05, 4.69) is 4.98 Å². The Morgan fingerprint density at radius 2 is 2.05 bits per heavy atom. The molecule has 0 amide bonds. The molecule has 21 heavy (non-hydrogen) atoms. The first-order chi connectivity index (χ1) is 9.70. The van der Waals surface area contributed by atoms with Crippen molar-refractivity contribution in [2.75, 3.05) is 0 Å². The topological polar surface area (TPSA) is 76.0 Å². The SMILES string of the molecule is C[C@@H](CC(C)(C)S(N)=O)c1cc2cc(Cl)ccc2[nH]c1=O. The summed E-state index contributed by atoms with van der Waals surface area (Å²) in [6.45, 7) is 5.62. The molecule has 2 rings (SSSR count). The minimum atomic E-state index is -1.44. The molecule has 114 valence electrons. The molecule has 2 aromatic rings. The monoisotopic (exact) mass is 326 g/mol. The normalized spacial score (nSPS) is 15.1. The zero-order chi connectivity index (χ0) is 15.8. The second-order valence-corrected chi connectivity index (χ2v) is 8.08. The van der Waals surface area contributed by atoms with E-state index in [-0.39, 0.29) is 11.5 Å². The van der Waals surface area contributed by atoms with Crippen molar-refractivity contribution in [3.8, 4) is 0 Å². The van der Waals surface area contributed by atoms with Crippen molar-refractivity contribution < 1.29 is 4.21 Å². The predicted molar refractivity (Wildman–Crippen MR) is 89.0 cm³/mol. The standard InChI is InChI=1S/C15H19ClN2O2S/c1-9(8-15(2,3)21(17)20)12-7-10-6-11(16)4-5-13(10)18-14(12)19/h4-7,9H,8,17H2,1-3H3,(H,18,19)/t9-,21?/m0/s1. The third-order valence-corrected chi connectivity index (χ3v) is 5.20. The van der Waals surface area contributed by atoms with E-state index in [0.29, 0.717) is 17.0 Å². The van der Waals surface area contributed by atoms with Crippen molar-refractivity contribution in [1.82, 2.24) is 4.98 Å². The summed E-state index contributed by atoms with van der Waals surface area (Å²) in [5.74, 6) is -0.0559. The van der Waals surface area contributed by atoms with Gasteiger partial charge >= 0.3 is 0 Å². The molecule has 0 fully saturated rings. The predicted octanol–water partition coefficient (Wildman–Crippen LogP) is 3.08. The van der Waals surface area contributed by atoms with Crippen LogP contribution in [0.15, 0.2) is 29.1 Å². The highest BCUT2D eigenvalue weighted by Gasteiger charge is 2.27. The molecule has 1 heterocycles. The van der Waals surface area contributed by atoms with E-state index < -0.39 is 15.7 Å². The van der Waals surface area contributed by atoms with Crippen molar-refractivity contribution in [2.45, 2.75) is 37.9 Å². The van der Waals surface area contributed by atoms with Crippen LogP contribution in [0.25, 0.3) is 10.9 Å². The molecule has 1 unspecified atom stereocenters. The summed E-state index contributed by atoms with van der Waals surface area (Å²) in [5, 5.41) is 7.02.